The number of aldehydes is 1. The molecule has 0 bridgehead atoms. The monoisotopic (exact) mass is 214 g/mol. The van der Waals surface area contributed by atoms with Gasteiger partial charge in [0.25, 0.3) is 0 Å². The molecule has 0 amide bonds. The molecule has 0 unspecified atom stereocenters. The molecule has 0 aliphatic rings. The number of imidazole rings is 1. The Morgan fingerprint density at radius 3 is 2.62 bits per heavy atom. The Labute approximate surface area is 94.5 Å². The predicted octanol–water partition coefficient (Wildman–Crippen LogP) is 2.81. The third-order valence-corrected chi connectivity index (χ3v) is 2.68. The zero-order valence-corrected chi connectivity index (χ0v) is 9.66. The fourth-order valence-corrected chi connectivity index (χ4v) is 1.71. The van der Waals surface area contributed by atoms with Gasteiger partial charge in [0.2, 0.25) is 0 Å². The second kappa shape index (κ2) is 3.93. The van der Waals surface area contributed by atoms with E-state index in [2.05, 4.69) is 28.2 Å². The Bertz CT molecular complexity index is 541. The molecule has 0 atom stereocenters. The van der Waals surface area contributed by atoms with Gasteiger partial charge in [-0.05, 0) is 32.4 Å². The van der Waals surface area contributed by atoms with Gasteiger partial charge in [0.05, 0.1) is 0 Å². The van der Waals surface area contributed by atoms with Crippen molar-refractivity contribution in [3.05, 3.63) is 40.7 Å². The topological polar surface area (TPSA) is 45.8 Å². The molecule has 3 heteroatoms. The minimum atomic E-state index is 0.482. The average Bonchev–Trinajstić information content (AvgIpc) is 2.63. The molecular weight excluding hydrogens is 200 g/mol. The first-order valence-corrected chi connectivity index (χ1v) is 5.21. The van der Waals surface area contributed by atoms with Gasteiger partial charge in [-0.15, -0.1) is 0 Å². The highest BCUT2D eigenvalue weighted by Crippen LogP contribution is 2.22. The number of nitrogens with zero attached hydrogens (tertiary/aromatic N) is 1. The van der Waals surface area contributed by atoms with Crippen molar-refractivity contribution >= 4 is 6.29 Å². The highest BCUT2D eigenvalue weighted by atomic mass is 16.1. The Morgan fingerprint density at radius 2 is 2.00 bits per heavy atom. The van der Waals surface area contributed by atoms with Crippen molar-refractivity contribution in [1.29, 1.82) is 0 Å². The lowest BCUT2D eigenvalue weighted by atomic mass is 10.1. The molecule has 0 aliphatic heterocycles. The molecule has 0 aliphatic carbocycles. The molecule has 2 aromatic rings. The fourth-order valence-electron chi connectivity index (χ4n) is 1.71. The van der Waals surface area contributed by atoms with Crippen LogP contribution in [0.25, 0.3) is 11.4 Å². The Balaban J connectivity index is 2.57. The van der Waals surface area contributed by atoms with Crippen LogP contribution in [0.4, 0.5) is 0 Å². The molecule has 3 nitrogen and oxygen atoms in total. The largest absolute Gasteiger partial charge is 0.341 e. The summed E-state index contributed by atoms with van der Waals surface area (Å²) in [5, 5.41) is 0. The molecule has 0 saturated carbocycles. The minimum absolute atomic E-state index is 0.482. The molecular formula is C13H14N2O. The van der Waals surface area contributed by atoms with Crippen LogP contribution in [0.2, 0.25) is 0 Å². The van der Waals surface area contributed by atoms with Crippen molar-refractivity contribution in [2.75, 3.05) is 0 Å². The van der Waals surface area contributed by atoms with E-state index < -0.39 is 0 Å². The van der Waals surface area contributed by atoms with Crippen LogP contribution in [-0.4, -0.2) is 16.3 Å². The zero-order chi connectivity index (χ0) is 11.7. The van der Waals surface area contributed by atoms with E-state index in [-0.39, 0.29) is 0 Å². The van der Waals surface area contributed by atoms with E-state index in [4.69, 9.17) is 0 Å². The van der Waals surface area contributed by atoms with E-state index in [1.807, 2.05) is 20.8 Å². The van der Waals surface area contributed by atoms with Gasteiger partial charge in [-0.25, -0.2) is 4.98 Å². The van der Waals surface area contributed by atoms with E-state index in [0.29, 0.717) is 5.69 Å². The van der Waals surface area contributed by atoms with Gasteiger partial charge in [-0.1, -0.05) is 17.7 Å². The Morgan fingerprint density at radius 1 is 1.25 bits per heavy atom. The summed E-state index contributed by atoms with van der Waals surface area (Å²) in [5.74, 6) is 0.765. The number of rotatable bonds is 2. The molecule has 1 heterocycles. The molecule has 2 rings (SSSR count). The van der Waals surface area contributed by atoms with E-state index >= 15 is 0 Å². The van der Waals surface area contributed by atoms with Crippen molar-refractivity contribution in [2.24, 2.45) is 0 Å². The van der Waals surface area contributed by atoms with E-state index in [1.165, 1.54) is 5.56 Å². The standard InChI is InChI=1S/C13H14N2O/c1-8-4-5-9(2)11(6-8)13-14-10(3)12(7-16)15-13/h4-7H,1-3H3,(H,14,15). The summed E-state index contributed by atoms with van der Waals surface area (Å²) >= 11 is 0. The fraction of sp³-hybridized carbons (Fsp3) is 0.231. The molecule has 1 N–H and O–H groups in total. The van der Waals surface area contributed by atoms with Crippen LogP contribution < -0.4 is 0 Å². The lowest BCUT2D eigenvalue weighted by Crippen LogP contribution is -1.87. The molecule has 82 valence electrons. The van der Waals surface area contributed by atoms with Crippen LogP contribution in [-0.2, 0) is 0 Å². The van der Waals surface area contributed by atoms with Crippen LogP contribution >= 0.6 is 0 Å². The Kier molecular flexibility index (Phi) is 2.60. The van der Waals surface area contributed by atoms with Crippen LogP contribution in [0.1, 0.15) is 27.3 Å². The summed E-state index contributed by atoms with van der Waals surface area (Å²) in [6, 6.07) is 6.19. The van der Waals surface area contributed by atoms with Crippen molar-refractivity contribution in [3.8, 4) is 11.4 Å². The third-order valence-electron chi connectivity index (χ3n) is 2.68. The number of benzene rings is 1. The lowest BCUT2D eigenvalue weighted by Gasteiger charge is -2.03. The van der Waals surface area contributed by atoms with E-state index in [1.54, 1.807) is 0 Å². The van der Waals surface area contributed by atoms with Gasteiger partial charge in [-0.3, -0.25) is 4.79 Å². The molecule has 0 saturated heterocycles. The maximum absolute atomic E-state index is 10.7. The van der Waals surface area contributed by atoms with Gasteiger partial charge >= 0.3 is 0 Å². The number of hydrogen-bond acceptors (Lipinski definition) is 2. The van der Waals surface area contributed by atoms with Gasteiger partial charge in [0, 0.05) is 11.3 Å². The van der Waals surface area contributed by atoms with E-state index in [9.17, 15) is 4.79 Å². The summed E-state index contributed by atoms with van der Waals surface area (Å²) < 4.78 is 0. The van der Waals surface area contributed by atoms with Crippen LogP contribution in [0.3, 0.4) is 0 Å². The smallest absolute Gasteiger partial charge is 0.170 e. The van der Waals surface area contributed by atoms with Crippen LogP contribution in [0.15, 0.2) is 18.2 Å². The summed E-state index contributed by atoms with van der Waals surface area (Å²) in [6.45, 7) is 5.93. The maximum Gasteiger partial charge on any atom is 0.170 e. The maximum atomic E-state index is 10.7. The number of aryl methyl sites for hydroxylation is 3. The molecule has 0 spiro atoms. The minimum Gasteiger partial charge on any atom is -0.341 e. The Hall–Kier alpha value is -1.90. The number of aromatic amines is 1. The molecule has 0 fully saturated rings. The lowest BCUT2D eigenvalue weighted by molar-refractivity contribution is 0.111. The third kappa shape index (κ3) is 1.76. The number of carbonyl (C=O) groups is 1. The first kappa shape index (κ1) is 10.6. The van der Waals surface area contributed by atoms with Crippen molar-refractivity contribution in [2.45, 2.75) is 20.8 Å². The van der Waals surface area contributed by atoms with Gasteiger partial charge in [0.1, 0.15) is 11.5 Å². The first-order valence-electron chi connectivity index (χ1n) is 5.21. The quantitative estimate of drug-likeness (QED) is 0.781. The summed E-state index contributed by atoms with van der Waals surface area (Å²) in [7, 11) is 0. The summed E-state index contributed by atoms with van der Waals surface area (Å²) in [6.07, 6.45) is 0.778. The average molecular weight is 214 g/mol. The number of H-pyrrole nitrogens is 1. The number of aromatic nitrogens is 2. The highest BCUT2D eigenvalue weighted by Gasteiger charge is 2.09. The number of nitrogens with one attached hydrogen (secondary N) is 1. The van der Waals surface area contributed by atoms with Crippen molar-refractivity contribution < 1.29 is 4.79 Å². The molecule has 1 aromatic carbocycles. The van der Waals surface area contributed by atoms with E-state index in [0.717, 1.165) is 28.9 Å². The second-order valence-corrected chi connectivity index (χ2v) is 4.03. The SMILES string of the molecule is Cc1ccc(C)c(-c2nc(C=O)c(C)[nH]2)c1. The first-order chi connectivity index (χ1) is 7.61. The second-order valence-electron chi connectivity index (χ2n) is 4.03. The normalized spacial score (nSPS) is 10.4. The number of carbonyl (C=O) groups excluding carboxylic acids is 1. The number of hydrogen-bond donors (Lipinski definition) is 1. The van der Waals surface area contributed by atoms with Gasteiger partial charge in [-0.2, -0.15) is 0 Å². The predicted molar refractivity (Wildman–Crippen MR) is 63.6 cm³/mol. The van der Waals surface area contributed by atoms with Crippen molar-refractivity contribution in [3.63, 3.8) is 0 Å². The van der Waals surface area contributed by atoms with Gasteiger partial charge < -0.3 is 4.98 Å². The van der Waals surface area contributed by atoms with Crippen LogP contribution in [0, 0.1) is 20.8 Å². The highest BCUT2D eigenvalue weighted by molar-refractivity contribution is 5.76. The molecule has 0 radical (unpaired) electrons. The molecule has 1 aromatic heterocycles. The summed E-state index contributed by atoms with van der Waals surface area (Å²) in [4.78, 5) is 18.2. The zero-order valence-electron chi connectivity index (χ0n) is 9.66. The van der Waals surface area contributed by atoms with Gasteiger partial charge in [0.15, 0.2) is 6.29 Å². The molecule has 16 heavy (non-hydrogen) atoms. The summed E-state index contributed by atoms with van der Waals surface area (Å²) in [5.41, 5.74) is 4.68. The van der Waals surface area contributed by atoms with Crippen LogP contribution in [0.5, 0.6) is 0 Å². The van der Waals surface area contributed by atoms with Crippen molar-refractivity contribution in [1.82, 2.24) is 9.97 Å².